The molecule has 0 aliphatic heterocycles. The molecule has 0 atom stereocenters. The van der Waals surface area contributed by atoms with Crippen molar-refractivity contribution in [3.8, 4) is 5.75 Å². The summed E-state index contributed by atoms with van der Waals surface area (Å²) in [5.74, 6) is -0.637. The molecule has 0 saturated carbocycles. The first-order valence-electron chi connectivity index (χ1n) is 4.36. The highest BCUT2D eigenvalue weighted by Crippen LogP contribution is 2.19. The Balaban J connectivity index is 2.78. The summed E-state index contributed by atoms with van der Waals surface area (Å²) in [7, 11) is 0. The quantitative estimate of drug-likeness (QED) is 0.730. The number of rotatable bonds is 4. The molecule has 0 bridgehead atoms. The fraction of sp³-hybridized carbons (Fsp3) is 0.400. The summed E-state index contributed by atoms with van der Waals surface area (Å²) in [5, 5.41) is 0. The lowest BCUT2D eigenvalue weighted by atomic mass is 10.1. The molecule has 0 aliphatic rings. The second kappa shape index (κ2) is 4.88. The molecule has 1 aromatic rings. The van der Waals surface area contributed by atoms with Crippen molar-refractivity contribution in [1.29, 1.82) is 0 Å². The number of hydrogen-bond donors (Lipinski definition) is 0. The molecule has 14 heavy (non-hydrogen) atoms. The maximum absolute atomic E-state index is 13.2. The van der Waals surface area contributed by atoms with Gasteiger partial charge in [0.05, 0.1) is 0 Å². The highest BCUT2D eigenvalue weighted by Gasteiger charge is 2.07. The highest BCUT2D eigenvalue weighted by molar-refractivity contribution is 5.29. The molecular formula is C10H11F3O. The molecule has 0 heterocycles. The summed E-state index contributed by atoms with van der Waals surface area (Å²) in [6, 6.07) is 3.80. The second-order valence-corrected chi connectivity index (χ2v) is 2.88. The maximum atomic E-state index is 13.2. The molecule has 78 valence electrons. The predicted octanol–water partition coefficient (Wildman–Crippen LogP) is 3.38. The van der Waals surface area contributed by atoms with E-state index in [4.69, 9.17) is 0 Å². The van der Waals surface area contributed by atoms with E-state index in [2.05, 4.69) is 4.74 Å². The summed E-state index contributed by atoms with van der Waals surface area (Å²) in [6.45, 7) is -0.991. The molecule has 0 aromatic heterocycles. The molecule has 1 nitrogen and oxygen atoms in total. The van der Waals surface area contributed by atoms with Crippen LogP contribution in [0, 0.1) is 5.82 Å². The van der Waals surface area contributed by atoms with Crippen LogP contribution in [0.15, 0.2) is 18.2 Å². The minimum Gasteiger partial charge on any atom is -0.435 e. The molecule has 1 aromatic carbocycles. The van der Waals surface area contributed by atoms with Crippen molar-refractivity contribution in [1.82, 2.24) is 0 Å². The Hall–Kier alpha value is -1.19. The first kappa shape index (κ1) is 10.9. The van der Waals surface area contributed by atoms with Gasteiger partial charge in [0.2, 0.25) is 0 Å². The van der Waals surface area contributed by atoms with E-state index in [0.717, 1.165) is 12.5 Å². The molecule has 4 heteroatoms. The van der Waals surface area contributed by atoms with E-state index in [1.165, 1.54) is 12.1 Å². The van der Waals surface area contributed by atoms with Crippen LogP contribution in [-0.2, 0) is 6.42 Å². The van der Waals surface area contributed by atoms with Gasteiger partial charge in [0, 0.05) is 6.07 Å². The van der Waals surface area contributed by atoms with Crippen LogP contribution < -0.4 is 4.74 Å². The summed E-state index contributed by atoms with van der Waals surface area (Å²) in [5.41, 5.74) is 0.522. The topological polar surface area (TPSA) is 9.23 Å². The zero-order valence-electron chi connectivity index (χ0n) is 7.77. The minimum absolute atomic E-state index is 0.141. The van der Waals surface area contributed by atoms with Gasteiger partial charge in [-0.15, -0.1) is 0 Å². The van der Waals surface area contributed by atoms with E-state index in [0.29, 0.717) is 12.0 Å². The number of halogens is 3. The van der Waals surface area contributed by atoms with Crippen LogP contribution >= 0.6 is 0 Å². The third-order valence-corrected chi connectivity index (χ3v) is 1.77. The second-order valence-electron chi connectivity index (χ2n) is 2.88. The molecule has 0 aliphatic carbocycles. The Kier molecular flexibility index (Phi) is 3.80. The minimum atomic E-state index is -2.91. The maximum Gasteiger partial charge on any atom is 0.387 e. The largest absolute Gasteiger partial charge is 0.435 e. The smallest absolute Gasteiger partial charge is 0.387 e. The Morgan fingerprint density at radius 1 is 1.36 bits per heavy atom. The zero-order chi connectivity index (χ0) is 10.6. The van der Waals surface area contributed by atoms with Crippen molar-refractivity contribution < 1.29 is 17.9 Å². The lowest BCUT2D eigenvalue weighted by Crippen LogP contribution is -2.02. The molecule has 0 fully saturated rings. The molecule has 0 saturated heterocycles. The molecule has 0 spiro atoms. The van der Waals surface area contributed by atoms with Gasteiger partial charge < -0.3 is 4.74 Å². The molecule has 0 radical (unpaired) electrons. The fourth-order valence-electron chi connectivity index (χ4n) is 1.18. The lowest BCUT2D eigenvalue weighted by molar-refractivity contribution is -0.0500. The van der Waals surface area contributed by atoms with Crippen molar-refractivity contribution >= 4 is 0 Å². The molecule has 0 unspecified atom stereocenters. The van der Waals surface area contributed by atoms with Gasteiger partial charge in [-0.3, -0.25) is 0 Å². The van der Waals surface area contributed by atoms with Gasteiger partial charge in [-0.25, -0.2) is 4.39 Å². The summed E-state index contributed by atoms with van der Waals surface area (Å²) in [6.07, 6.45) is 1.41. The van der Waals surface area contributed by atoms with Gasteiger partial charge in [-0.2, -0.15) is 8.78 Å². The Labute approximate surface area is 80.5 Å². The van der Waals surface area contributed by atoms with E-state index in [1.54, 1.807) is 0 Å². The van der Waals surface area contributed by atoms with Gasteiger partial charge in [-0.05, 0) is 18.1 Å². The Bertz CT molecular complexity index is 299. The monoisotopic (exact) mass is 204 g/mol. The van der Waals surface area contributed by atoms with Crippen molar-refractivity contribution in [2.45, 2.75) is 26.4 Å². The van der Waals surface area contributed by atoms with Crippen LogP contribution in [0.25, 0.3) is 0 Å². The number of alkyl halides is 2. The lowest BCUT2D eigenvalue weighted by Gasteiger charge is -2.06. The van der Waals surface area contributed by atoms with Crippen molar-refractivity contribution in [3.63, 3.8) is 0 Å². The zero-order valence-corrected chi connectivity index (χ0v) is 7.77. The Morgan fingerprint density at radius 3 is 2.57 bits per heavy atom. The predicted molar refractivity (Wildman–Crippen MR) is 47.0 cm³/mol. The number of aryl methyl sites for hydroxylation is 1. The first-order valence-corrected chi connectivity index (χ1v) is 4.36. The van der Waals surface area contributed by atoms with E-state index in [9.17, 15) is 13.2 Å². The van der Waals surface area contributed by atoms with Gasteiger partial charge in [-0.1, -0.05) is 19.4 Å². The Morgan fingerprint density at radius 2 is 2.07 bits per heavy atom. The number of ether oxygens (including phenoxy) is 1. The number of benzene rings is 1. The van der Waals surface area contributed by atoms with Crippen molar-refractivity contribution in [3.05, 3.63) is 29.6 Å². The van der Waals surface area contributed by atoms with Crippen LogP contribution in [0.5, 0.6) is 5.75 Å². The van der Waals surface area contributed by atoms with Gasteiger partial charge in [0.15, 0.2) is 0 Å². The van der Waals surface area contributed by atoms with Gasteiger partial charge in [0.25, 0.3) is 0 Å². The van der Waals surface area contributed by atoms with Gasteiger partial charge >= 0.3 is 6.61 Å². The number of hydrogen-bond acceptors (Lipinski definition) is 1. The summed E-state index contributed by atoms with van der Waals surface area (Å²) < 4.78 is 40.7. The molecule has 0 amide bonds. The third kappa shape index (κ3) is 2.94. The molecule has 0 N–H and O–H groups in total. The third-order valence-electron chi connectivity index (χ3n) is 1.77. The standard InChI is InChI=1S/C10H11F3O/c1-2-3-7-4-5-8(6-9(7)11)14-10(12)13/h4-6,10H,2-3H2,1H3. The molecular weight excluding hydrogens is 193 g/mol. The van der Waals surface area contributed by atoms with Crippen LogP contribution in [-0.4, -0.2) is 6.61 Å². The first-order chi connectivity index (χ1) is 6.63. The van der Waals surface area contributed by atoms with E-state index < -0.39 is 12.4 Å². The SMILES string of the molecule is CCCc1ccc(OC(F)F)cc1F. The van der Waals surface area contributed by atoms with E-state index >= 15 is 0 Å². The van der Waals surface area contributed by atoms with Crippen LogP contribution in [0.1, 0.15) is 18.9 Å². The van der Waals surface area contributed by atoms with Crippen LogP contribution in [0.4, 0.5) is 13.2 Å². The normalized spacial score (nSPS) is 10.6. The molecule has 1 rings (SSSR count). The van der Waals surface area contributed by atoms with Crippen molar-refractivity contribution in [2.75, 3.05) is 0 Å². The van der Waals surface area contributed by atoms with Gasteiger partial charge in [0.1, 0.15) is 11.6 Å². The average molecular weight is 204 g/mol. The van der Waals surface area contributed by atoms with Crippen LogP contribution in [0.3, 0.4) is 0 Å². The fourth-order valence-corrected chi connectivity index (χ4v) is 1.18. The van der Waals surface area contributed by atoms with Crippen LogP contribution in [0.2, 0.25) is 0 Å². The highest BCUT2D eigenvalue weighted by atomic mass is 19.3. The summed E-state index contributed by atoms with van der Waals surface area (Å²) >= 11 is 0. The summed E-state index contributed by atoms with van der Waals surface area (Å²) in [4.78, 5) is 0. The van der Waals surface area contributed by atoms with Crippen molar-refractivity contribution in [2.24, 2.45) is 0 Å². The van der Waals surface area contributed by atoms with E-state index in [1.807, 2.05) is 6.92 Å². The average Bonchev–Trinajstić information content (AvgIpc) is 2.09. The van der Waals surface area contributed by atoms with E-state index in [-0.39, 0.29) is 5.75 Å².